The fraction of sp³-hybridized carbons (Fsp3) is 0.0800. The van der Waals surface area contributed by atoms with Crippen LogP contribution < -0.4 is 9.47 Å². The second-order valence-electron chi connectivity index (χ2n) is 7.16. The van der Waals surface area contributed by atoms with Gasteiger partial charge in [-0.05, 0) is 65.9 Å². The Kier molecular flexibility index (Phi) is 7.26. The highest BCUT2D eigenvalue weighted by atomic mass is 35.5. The van der Waals surface area contributed by atoms with Crippen molar-refractivity contribution in [2.24, 2.45) is 0 Å². The fourth-order valence-corrected chi connectivity index (χ4v) is 4.47. The number of halogens is 2. The Labute approximate surface area is 210 Å². The number of nitrogens with zero attached hydrogens (tertiary/aromatic N) is 1. The van der Waals surface area contributed by atoms with Gasteiger partial charge in [0.1, 0.15) is 11.5 Å². The number of rotatable bonds is 6. The third-order valence-corrected chi connectivity index (χ3v) is 6.45. The highest BCUT2D eigenvalue weighted by molar-refractivity contribution is 8.18. The van der Waals surface area contributed by atoms with Crippen LogP contribution in [0, 0.1) is 0 Å². The van der Waals surface area contributed by atoms with E-state index in [1.54, 1.807) is 66.7 Å². The van der Waals surface area contributed by atoms with Crippen LogP contribution in [0.15, 0.2) is 71.6 Å². The molecule has 0 radical (unpaired) electrons. The topological polar surface area (TPSA) is 72.9 Å². The summed E-state index contributed by atoms with van der Waals surface area (Å²) in [6, 6.07) is 18.1. The SMILES string of the molecule is COc1ccc(C(=O)Oc2ccccc2/C=C2\SC(=O)N(Cc3ccc(Cl)cc3Cl)C2=O)cc1. The number of ether oxygens (including phenoxy) is 2. The Morgan fingerprint density at radius 3 is 2.47 bits per heavy atom. The van der Waals surface area contributed by atoms with Crippen LogP contribution in [0.4, 0.5) is 4.79 Å². The predicted molar refractivity (Wildman–Crippen MR) is 132 cm³/mol. The van der Waals surface area contributed by atoms with E-state index < -0.39 is 17.1 Å². The molecular weight excluding hydrogens is 497 g/mol. The molecule has 0 aromatic heterocycles. The van der Waals surface area contributed by atoms with E-state index in [0.717, 1.165) is 16.7 Å². The van der Waals surface area contributed by atoms with Gasteiger partial charge >= 0.3 is 5.97 Å². The summed E-state index contributed by atoms with van der Waals surface area (Å²) in [6.07, 6.45) is 1.53. The predicted octanol–water partition coefficient (Wildman–Crippen LogP) is 6.46. The molecule has 1 aliphatic rings. The number of para-hydroxylation sites is 1. The first kappa shape index (κ1) is 23.9. The van der Waals surface area contributed by atoms with Crippen molar-refractivity contribution in [1.82, 2.24) is 4.90 Å². The zero-order valence-corrected chi connectivity index (χ0v) is 20.1. The van der Waals surface area contributed by atoms with Gasteiger partial charge in [-0.25, -0.2) is 4.79 Å². The van der Waals surface area contributed by atoms with Crippen molar-refractivity contribution in [3.63, 3.8) is 0 Å². The monoisotopic (exact) mass is 513 g/mol. The number of imide groups is 1. The molecule has 0 bridgehead atoms. The molecule has 3 aromatic carbocycles. The summed E-state index contributed by atoms with van der Waals surface area (Å²) < 4.78 is 10.7. The van der Waals surface area contributed by atoms with Gasteiger partial charge in [0, 0.05) is 15.6 Å². The van der Waals surface area contributed by atoms with Gasteiger partial charge in [0.15, 0.2) is 0 Å². The number of carbonyl (C=O) groups is 3. The normalized spacial score (nSPS) is 14.6. The third-order valence-electron chi connectivity index (χ3n) is 4.95. The molecule has 2 amide bonds. The zero-order chi connectivity index (χ0) is 24.2. The lowest BCUT2D eigenvalue weighted by molar-refractivity contribution is -0.123. The molecule has 3 aromatic rings. The molecule has 0 N–H and O–H groups in total. The lowest BCUT2D eigenvalue weighted by Gasteiger charge is -2.13. The average Bonchev–Trinajstić information content (AvgIpc) is 3.09. The van der Waals surface area contributed by atoms with Gasteiger partial charge in [0.25, 0.3) is 11.1 Å². The van der Waals surface area contributed by atoms with E-state index in [2.05, 4.69) is 0 Å². The molecule has 0 aliphatic carbocycles. The minimum atomic E-state index is -0.561. The zero-order valence-electron chi connectivity index (χ0n) is 17.8. The third kappa shape index (κ3) is 5.28. The van der Waals surface area contributed by atoms with Crippen molar-refractivity contribution in [3.8, 4) is 11.5 Å². The number of carbonyl (C=O) groups excluding carboxylic acids is 3. The molecule has 1 heterocycles. The van der Waals surface area contributed by atoms with E-state index in [1.165, 1.54) is 13.2 Å². The number of hydrogen-bond donors (Lipinski definition) is 0. The van der Waals surface area contributed by atoms with Gasteiger partial charge in [-0.3, -0.25) is 14.5 Å². The standard InChI is InChI=1S/C25H17Cl2NO5S/c1-32-19-10-7-15(8-11-19)24(30)33-21-5-3-2-4-16(21)12-22-23(29)28(25(31)34-22)14-17-6-9-18(26)13-20(17)27/h2-13H,14H2,1H3/b22-12-. The maximum Gasteiger partial charge on any atom is 0.343 e. The fourth-order valence-electron chi connectivity index (χ4n) is 3.18. The highest BCUT2D eigenvalue weighted by Gasteiger charge is 2.35. The minimum Gasteiger partial charge on any atom is -0.497 e. The molecular formula is C25H17Cl2NO5S. The van der Waals surface area contributed by atoms with Gasteiger partial charge < -0.3 is 9.47 Å². The van der Waals surface area contributed by atoms with Crippen molar-refractivity contribution in [2.45, 2.75) is 6.54 Å². The van der Waals surface area contributed by atoms with Gasteiger partial charge in [-0.15, -0.1) is 0 Å². The molecule has 6 nitrogen and oxygen atoms in total. The lowest BCUT2D eigenvalue weighted by atomic mass is 10.1. The van der Waals surface area contributed by atoms with Crippen LogP contribution in [-0.2, 0) is 11.3 Å². The van der Waals surface area contributed by atoms with Crippen molar-refractivity contribution in [3.05, 3.63) is 98.4 Å². The molecule has 0 atom stereocenters. The summed E-state index contributed by atoms with van der Waals surface area (Å²) in [5.74, 6) is -0.144. The molecule has 1 fully saturated rings. The first-order valence-electron chi connectivity index (χ1n) is 10.0. The quantitative estimate of drug-likeness (QED) is 0.214. The largest absolute Gasteiger partial charge is 0.497 e. The molecule has 1 aliphatic heterocycles. The van der Waals surface area contributed by atoms with E-state index in [-0.39, 0.29) is 17.2 Å². The van der Waals surface area contributed by atoms with Crippen LogP contribution in [0.3, 0.4) is 0 Å². The first-order valence-corrected chi connectivity index (χ1v) is 11.6. The van der Waals surface area contributed by atoms with E-state index in [9.17, 15) is 14.4 Å². The van der Waals surface area contributed by atoms with Crippen LogP contribution in [-0.4, -0.2) is 29.1 Å². The molecule has 0 unspecified atom stereocenters. The smallest absolute Gasteiger partial charge is 0.343 e. The van der Waals surface area contributed by atoms with E-state index >= 15 is 0 Å². The van der Waals surface area contributed by atoms with Crippen LogP contribution in [0.1, 0.15) is 21.5 Å². The number of methoxy groups -OCH3 is 1. The van der Waals surface area contributed by atoms with Gasteiger partial charge in [-0.2, -0.15) is 0 Å². The van der Waals surface area contributed by atoms with Gasteiger partial charge in [-0.1, -0.05) is 47.5 Å². The molecule has 0 saturated carbocycles. The maximum atomic E-state index is 12.9. The highest BCUT2D eigenvalue weighted by Crippen LogP contribution is 2.36. The van der Waals surface area contributed by atoms with Gasteiger partial charge in [0.05, 0.1) is 24.1 Å². The average molecular weight is 514 g/mol. The molecule has 0 spiro atoms. The summed E-state index contributed by atoms with van der Waals surface area (Å²) in [5.41, 5.74) is 1.43. The summed E-state index contributed by atoms with van der Waals surface area (Å²) in [5, 5.41) is 0.407. The summed E-state index contributed by atoms with van der Waals surface area (Å²) in [4.78, 5) is 39.4. The first-order chi connectivity index (χ1) is 16.4. The Bertz CT molecular complexity index is 1310. The van der Waals surface area contributed by atoms with E-state index in [0.29, 0.717) is 32.5 Å². The Morgan fingerprint density at radius 2 is 1.76 bits per heavy atom. The van der Waals surface area contributed by atoms with Crippen molar-refractivity contribution in [1.29, 1.82) is 0 Å². The number of thioether (sulfide) groups is 1. The molecule has 4 rings (SSSR count). The summed E-state index contributed by atoms with van der Waals surface area (Å²) >= 11 is 12.9. The number of hydrogen-bond acceptors (Lipinski definition) is 6. The molecule has 34 heavy (non-hydrogen) atoms. The maximum absolute atomic E-state index is 12.9. The second-order valence-corrected chi connectivity index (χ2v) is 9.00. The van der Waals surface area contributed by atoms with Gasteiger partial charge in [0.2, 0.25) is 0 Å². The Morgan fingerprint density at radius 1 is 1.03 bits per heavy atom. The number of amides is 2. The van der Waals surface area contributed by atoms with E-state index in [4.69, 9.17) is 32.7 Å². The van der Waals surface area contributed by atoms with Crippen LogP contribution >= 0.6 is 35.0 Å². The molecule has 172 valence electrons. The van der Waals surface area contributed by atoms with E-state index in [1.807, 2.05) is 0 Å². The summed E-state index contributed by atoms with van der Waals surface area (Å²) in [7, 11) is 1.54. The van der Waals surface area contributed by atoms with Crippen LogP contribution in [0.25, 0.3) is 6.08 Å². The lowest BCUT2D eigenvalue weighted by Crippen LogP contribution is -2.27. The van der Waals surface area contributed by atoms with Crippen molar-refractivity contribution in [2.75, 3.05) is 7.11 Å². The van der Waals surface area contributed by atoms with Crippen molar-refractivity contribution < 1.29 is 23.9 Å². The molecule has 9 heteroatoms. The van der Waals surface area contributed by atoms with Crippen LogP contribution in [0.5, 0.6) is 11.5 Å². The van der Waals surface area contributed by atoms with Crippen LogP contribution in [0.2, 0.25) is 10.0 Å². The molecule has 1 saturated heterocycles. The second kappa shape index (κ2) is 10.3. The Balaban J connectivity index is 1.54. The summed E-state index contributed by atoms with van der Waals surface area (Å²) in [6.45, 7) is 0.0200. The Hall–Kier alpha value is -3.26. The minimum absolute atomic E-state index is 0.0200. The van der Waals surface area contributed by atoms with Crippen molar-refractivity contribution >= 4 is 58.2 Å². The number of esters is 1. The number of benzene rings is 3.